The van der Waals surface area contributed by atoms with Crippen molar-refractivity contribution in [3.8, 4) is 0 Å². The van der Waals surface area contributed by atoms with Gasteiger partial charge in [-0.3, -0.25) is 9.59 Å². The first kappa shape index (κ1) is 50.5. The van der Waals surface area contributed by atoms with E-state index in [9.17, 15) is 22.6 Å². The predicted octanol–water partition coefficient (Wildman–Crippen LogP) is 0.785. The molecular formula is C18H47N2NaO5S. The maximum Gasteiger partial charge on any atom is 1.00 e. The van der Waals surface area contributed by atoms with E-state index in [0.29, 0.717) is 6.42 Å². The summed E-state index contributed by atoms with van der Waals surface area (Å²) in [7, 11) is -4.43. The smallest absolute Gasteiger partial charge is 0.748 e. The largest absolute Gasteiger partial charge is 1.00 e. The zero-order chi connectivity index (χ0) is 16.1. The molecule has 27 heavy (non-hydrogen) atoms. The van der Waals surface area contributed by atoms with Crippen LogP contribution < -0.4 is 40.6 Å². The van der Waals surface area contributed by atoms with Crippen molar-refractivity contribution in [2.24, 2.45) is 17.6 Å². The van der Waals surface area contributed by atoms with Crippen LogP contribution in [0.3, 0.4) is 0 Å². The third-order valence-electron chi connectivity index (χ3n) is 2.98. The van der Waals surface area contributed by atoms with Crippen molar-refractivity contribution < 1.29 is 52.1 Å². The van der Waals surface area contributed by atoms with Crippen LogP contribution in [-0.4, -0.2) is 36.1 Å². The fourth-order valence-corrected chi connectivity index (χ4v) is 2.91. The molecular weight excluding hydrogens is 379 g/mol. The SMILES string of the molecule is C.C.C.C.C.C.CCC(CC(C)C(=O)NC(C)(C)CS(=O)(=O)[O-])C(N)=O.[Na+]. The van der Waals surface area contributed by atoms with Gasteiger partial charge in [-0.1, -0.05) is 58.4 Å². The molecule has 9 heteroatoms. The van der Waals surface area contributed by atoms with E-state index < -0.39 is 45.1 Å². The van der Waals surface area contributed by atoms with Gasteiger partial charge in [-0.2, -0.15) is 0 Å². The van der Waals surface area contributed by atoms with Crippen molar-refractivity contribution in [2.45, 2.75) is 90.6 Å². The standard InChI is InChI=1S/C12H24N2O5S.6CH4.Na/c1-5-9(10(13)15)6-8(2)11(16)14-12(3,4)7-20(17,18)19;;;;;;;/h8-9H,5-7H2,1-4H3,(H2,13,15)(H,14,16)(H,17,18,19);6*1H4;/q;;;;;;;+1/p-1. The van der Waals surface area contributed by atoms with Crippen molar-refractivity contribution in [2.75, 3.05) is 5.75 Å². The topological polar surface area (TPSA) is 129 Å². The summed E-state index contributed by atoms with van der Waals surface area (Å²) in [5, 5.41) is 2.51. The summed E-state index contributed by atoms with van der Waals surface area (Å²) in [4.78, 5) is 23.1. The molecule has 0 aromatic rings. The van der Waals surface area contributed by atoms with Crippen LogP contribution in [-0.2, 0) is 19.7 Å². The average Bonchev–Trinajstić information content (AvgIpc) is 2.20. The predicted molar refractivity (Wildman–Crippen MR) is 114 cm³/mol. The van der Waals surface area contributed by atoms with Crippen LogP contribution in [0.5, 0.6) is 0 Å². The summed E-state index contributed by atoms with van der Waals surface area (Å²) in [6, 6.07) is 0. The fraction of sp³-hybridized carbons (Fsp3) is 0.889. The summed E-state index contributed by atoms with van der Waals surface area (Å²) < 4.78 is 32.2. The Bertz CT molecular complexity index is 468. The Hall–Kier alpha value is -0.150. The molecule has 0 aliphatic carbocycles. The molecule has 7 nitrogen and oxygen atoms in total. The quantitative estimate of drug-likeness (QED) is 0.438. The molecule has 0 radical (unpaired) electrons. The van der Waals surface area contributed by atoms with E-state index in [1.165, 1.54) is 13.8 Å². The monoisotopic (exact) mass is 426 g/mol. The van der Waals surface area contributed by atoms with Crippen molar-refractivity contribution in [1.29, 1.82) is 0 Å². The summed E-state index contributed by atoms with van der Waals surface area (Å²) in [6.45, 7) is 6.34. The van der Waals surface area contributed by atoms with E-state index in [0.717, 1.165) is 0 Å². The molecule has 2 amide bonds. The number of hydrogen-bond donors (Lipinski definition) is 2. The first-order valence-corrected chi connectivity index (χ1v) is 8.00. The first-order valence-electron chi connectivity index (χ1n) is 6.43. The van der Waals surface area contributed by atoms with Crippen LogP contribution in [0.25, 0.3) is 0 Å². The van der Waals surface area contributed by atoms with Crippen LogP contribution in [0, 0.1) is 11.8 Å². The minimum absolute atomic E-state index is 0. The van der Waals surface area contributed by atoms with Crippen molar-refractivity contribution in [3.05, 3.63) is 0 Å². The molecule has 3 N–H and O–H groups in total. The molecule has 0 aromatic carbocycles. The summed E-state index contributed by atoms with van der Waals surface area (Å²) in [6.07, 6.45) is 0.823. The minimum atomic E-state index is -4.43. The molecule has 0 saturated heterocycles. The van der Waals surface area contributed by atoms with Gasteiger partial charge in [-0.15, -0.1) is 0 Å². The molecule has 2 atom stereocenters. The third-order valence-corrected chi connectivity index (χ3v) is 4.06. The summed E-state index contributed by atoms with van der Waals surface area (Å²) >= 11 is 0. The van der Waals surface area contributed by atoms with Gasteiger partial charge in [0.15, 0.2) is 0 Å². The Morgan fingerprint density at radius 2 is 1.44 bits per heavy atom. The molecule has 0 spiro atoms. The molecule has 0 fully saturated rings. The fourth-order valence-electron chi connectivity index (χ4n) is 1.95. The van der Waals surface area contributed by atoms with Crippen molar-refractivity contribution in [3.63, 3.8) is 0 Å². The number of rotatable bonds is 8. The van der Waals surface area contributed by atoms with Crippen LogP contribution in [0.15, 0.2) is 0 Å². The van der Waals surface area contributed by atoms with Crippen LogP contribution >= 0.6 is 0 Å². The van der Waals surface area contributed by atoms with Gasteiger partial charge in [0.05, 0.1) is 15.9 Å². The Labute approximate surface area is 192 Å². The van der Waals surface area contributed by atoms with Gasteiger partial charge in [0.25, 0.3) is 0 Å². The van der Waals surface area contributed by atoms with Gasteiger partial charge in [0.1, 0.15) is 0 Å². The minimum Gasteiger partial charge on any atom is -0.748 e. The molecule has 0 rings (SSSR count). The molecule has 0 saturated carbocycles. The van der Waals surface area contributed by atoms with Gasteiger partial charge in [-0.05, 0) is 26.7 Å². The van der Waals surface area contributed by atoms with E-state index in [-0.39, 0.29) is 80.5 Å². The number of carbonyl (C=O) groups excluding carboxylic acids is 2. The maximum atomic E-state index is 12.0. The number of primary amides is 1. The molecule has 166 valence electrons. The molecule has 0 aliphatic rings. The van der Waals surface area contributed by atoms with E-state index in [4.69, 9.17) is 5.73 Å². The van der Waals surface area contributed by atoms with Crippen LogP contribution in [0.4, 0.5) is 0 Å². The van der Waals surface area contributed by atoms with Gasteiger partial charge >= 0.3 is 29.6 Å². The molecule has 0 aromatic heterocycles. The van der Waals surface area contributed by atoms with Crippen LogP contribution in [0.2, 0.25) is 0 Å². The molecule has 2 unspecified atom stereocenters. The van der Waals surface area contributed by atoms with E-state index in [1.54, 1.807) is 13.8 Å². The number of amides is 2. The van der Waals surface area contributed by atoms with E-state index in [2.05, 4.69) is 5.32 Å². The molecule has 0 bridgehead atoms. The number of nitrogens with two attached hydrogens (primary N) is 1. The summed E-state index contributed by atoms with van der Waals surface area (Å²) in [5.74, 6) is -2.46. The Morgan fingerprint density at radius 3 is 1.70 bits per heavy atom. The van der Waals surface area contributed by atoms with Gasteiger partial charge in [-0.25, -0.2) is 8.42 Å². The molecule has 0 aliphatic heterocycles. The zero-order valence-electron chi connectivity index (χ0n) is 13.3. The third kappa shape index (κ3) is 23.8. The summed E-state index contributed by atoms with van der Waals surface area (Å²) in [5.41, 5.74) is 4.06. The average molecular weight is 427 g/mol. The normalized spacial score (nSPS) is 11.4. The Kier molecular flexibility index (Phi) is 38.5. The van der Waals surface area contributed by atoms with Gasteiger partial charge < -0.3 is 15.6 Å². The van der Waals surface area contributed by atoms with Gasteiger partial charge in [0.2, 0.25) is 11.8 Å². The van der Waals surface area contributed by atoms with E-state index >= 15 is 0 Å². The number of nitrogens with one attached hydrogen (secondary N) is 1. The maximum absolute atomic E-state index is 12.0. The van der Waals surface area contributed by atoms with E-state index in [1.807, 2.05) is 0 Å². The zero-order valence-corrected chi connectivity index (χ0v) is 16.1. The Balaban J connectivity index is -0.0000000860. The van der Waals surface area contributed by atoms with Crippen molar-refractivity contribution >= 4 is 21.9 Å². The second-order valence-electron chi connectivity index (χ2n) is 5.72. The van der Waals surface area contributed by atoms with Gasteiger partial charge in [0, 0.05) is 17.4 Å². The second-order valence-corrected chi connectivity index (χ2v) is 7.12. The first-order chi connectivity index (χ1) is 8.88. The number of hydrogen-bond acceptors (Lipinski definition) is 5. The Morgan fingerprint density at radius 1 is 1.07 bits per heavy atom. The second kappa shape index (κ2) is 20.6. The van der Waals surface area contributed by atoms with Crippen molar-refractivity contribution in [1.82, 2.24) is 5.32 Å². The van der Waals surface area contributed by atoms with Crippen LogP contribution in [0.1, 0.15) is 85.1 Å². The molecule has 0 heterocycles. The number of carbonyl (C=O) groups is 2.